The number of hydrogen-bond acceptors (Lipinski definition) is 4. The summed E-state index contributed by atoms with van der Waals surface area (Å²) in [6, 6.07) is 5.70. The first-order chi connectivity index (χ1) is 9.77. The molecular weight excluding hydrogens is 270 g/mol. The van der Waals surface area contributed by atoms with Crippen LogP contribution in [0.1, 0.15) is 39.2 Å². The van der Waals surface area contributed by atoms with Gasteiger partial charge in [0, 0.05) is 6.42 Å². The van der Waals surface area contributed by atoms with Crippen LogP contribution in [0.25, 0.3) is 0 Å². The van der Waals surface area contributed by atoms with Crippen LogP contribution in [-0.2, 0) is 19.7 Å². The molecule has 0 radical (unpaired) electrons. The normalized spacial score (nSPS) is 10.9. The third-order valence-corrected chi connectivity index (χ3v) is 3.12. The first-order valence-electron chi connectivity index (χ1n) is 6.83. The van der Waals surface area contributed by atoms with Crippen LogP contribution in [0.4, 0.5) is 5.69 Å². The topological polar surface area (TPSA) is 64.6 Å². The second kappa shape index (κ2) is 7.11. The lowest BCUT2D eigenvalue weighted by molar-refractivity contribution is -0.141. The summed E-state index contributed by atoms with van der Waals surface area (Å²) in [5.41, 5.74) is 1.67. The van der Waals surface area contributed by atoms with Crippen LogP contribution >= 0.6 is 0 Å². The third-order valence-electron chi connectivity index (χ3n) is 3.12. The Bertz CT molecular complexity index is 517. The molecule has 0 aromatic heterocycles. The molecule has 5 heteroatoms. The SMILES string of the molecule is COC(=O)CCC(=O)Nc1cc(C(C)(C)C)ccc1OC. The van der Waals surface area contributed by atoms with E-state index in [4.69, 9.17) is 4.74 Å². The minimum Gasteiger partial charge on any atom is -0.495 e. The highest BCUT2D eigenvalue weighted by molar-refractivity contribution is 5.94. The van der Waals surface area contributed by atoms with Crippen molar-refractivity contribution in [1.29, 1.82) is 0 Å². The summed E-state index contributed by atoms with van der Waals surface area (Å²) < 4.78 is 9.77. The van der Waals surface area contributed by atoms with Crippen molar-refractivity contribution in [2.45, 2.75) is 39.0 Å². The molecular formula is C16H23NO4. The molecule has 1 rings (SSSR count). The lowest BCUT2D eigenvalue weighted by Gasteiger charge is -2.21. The summed E-state index contributed by atoms with van der Waals surface area (Å²) >= 11 is 0. The summed E-state index contributed by atoms with van der Waals surface area (Å²) in [6.07, 6.45) is 0.138. The van der Waals surface area contributed by atoms with Gasteiger partial charge in [-0.05, 0) is 23.1 Å². The van der Waals surface area contributed by atoms with Gasteiger partial charge in [-0.2, -0.15) is 0 Å². The van der Waals surface area contributed by atoms with Gasteiger partial charge in [0.05, 0.1) is 26.3 Å². The first-order valence-corrected chi connectivity index (χ1v) is 6.83. The van der Waals surface area contributed by atoms with Crippen LogP contribution in [0.2, 0.25) is 0 Å². The maximum absolute atomic E-state index is 11.9. The number of rotatable bonds is 5. The van der Waals surface area contributed by atoms with Gasteiger partial charge in [0.25, 0.3) is 0 Å². The van der Waals surface area contributed by atoms with Crippen LogP contribution < -0.4 is 10.1 Å². The molecule has 1 aromatic rings. The molecule has 0 bridgehead atoms. The summed E-state index contributed by atoms with van der Waals surface area (Å²) in [5.74, 6) is -0.0558. The molecule has 0 saturated heterocycles. The fourth-order valence-electron chi connectivity index (χ4n) is 1.80. The average Bonchev–Trinajstić information content (AvgIpc) is 2.43. The van der Waals surface area contributed by atoms with Crippen LogP contribution in [0.3, 0.4) is 0 Å². The molecule has 116 valence electrons. The highest BCUT2D eigenvalue weighted by atomic mass is 16.5. The van der Waals surface area contributed by atoms with Gasteiger partial charge in [-0.15, -0.1) is 0 Å². The minimum atomic E-state index is -0.402. The number of methoxy groups -OCH3 is 2. The number of ether oxygens (including phenoxy) is 2. The molecule has 0 aliphatic carbocycles. The monoisotopic (exact) mass is 293 g/mol. The maximum Gasteiger partial charge on any atom is 0.306 e. The number of carbonyl (C=O) groups excluding carboxylic acids is 2. The summed E-state index contributed by atoms with van der Waals surface area (Å²) in [6.45, 7) is 6.28. The lowest BCUT2D eigenvalue weighted by Crippen LogP contribution is -2.16. The van der Waals surface area contributed by atoms with Crippen molar-refractivity contribution in [2.75, 3.05) is 19.5 Å². The number of carbonyl (C=O) groups is 2. The zero-order valence-electron chi connectivity index (χ0n) is 13.3. The number of benzene rings is 1. The van der Waals surface area contributed by atoms with Gasteiger partial charge in [-0.3, -0.25) is 9.59 Å². The summed E-state index contributed by atoms with van der Waals surface area (Å²) in [5, 5.41) is 2.78. The Morgan fingerprint density at radius 1 is 1.14 bits per heavy atom. The van der Waals surface area contributed by atoms with Gasteiger partial charge in [0.1, 0.15) is 5.75 Å². The third kappa shape index (κ3) is 5.10. The van der Waals surface area contributed by atoms with E-state index in [0.29, 0.717) is 11.4 Å². The van der Waals surface area contributed by atoms with Crippen molar-refractivity contribution in [3.8, 4) is 5.75 Å². The molecule has 0 heterocycles. The van der Waals surface area contributed by atoms with Crippen LogP contribution in [-0.4, -0.2) is 26.1 Å². The van der Waals surface area contributed by atoms with E-state index in [0.717, 1.165) is 5.56 Å². The predicted molar refractivity (Wildman–Crippen MR) is 81.6 cm³/mol. The van der Waals surface area contributed by atoms with Crippen LogP contribution in [0.5, 0.6) is 5.75 Å². The Balaban J connectivity index is 2.85. The predicted octanol–water partition coefficient (Wildman–Crippen LogP) is 2.88. The Morgan fingerprint density at radius 3 is 2.33 bits per heavy atom. The van der Waals surface area contributed by atoms with E-state index in [1.54, 1.807) is 7.11 Å². The largest absolute Gasteiger partial charge is 0.495 e. The van der Waals surface area contributed by atoms with Crippen LogP contribution in [0, 0.1) is 0 Å². The zero-order chi connectivity index (χ0) is 16.0. The number of anilines is 1. The molecule has 21 heavy (non-hydrogen) atoms. The van der Waals surface area contributed by atoms with Crippen molar-refractivity contribution in [3.63, 3.8) is 0 Å². The second-order valence-electron chi connectivity index (χ2n) is 5.79. The van der Waals surface area contributed by atoms with Crippen molar-refractivity contribution >= 4 is 17.6 Å². The molecule has 0 aliphatic heterocycles. The van der Waals surface area contributed by atoms with E-state index < -0.39 is 5.97 Å². The van der Waals surface area contributed by atoms with Gasteiger partial charge in [-0.25, -0.2) is 0 Å². The molecule has 0 saturated carbocycles. The summed E-state index contributed by atoms with van der Waals surface area (Å²) in [4.78, 5) is 22.9. The maximum atomic E-state index is 11.9. The molecule has 1 amide bonds. The highest BCUT2D eigenvalue weighted by Gasteiger charge is 2.17. The molecule has 0 atom stereocenters. The quantitative estimate of drug-likeness (QED) is 0.848. The van der Waals surface area contributed by atoms with E-state index in [2.05, 4.69) is 30.8 Å². The molecule has 0 aliphatic rings. The molecule has 0 fully saturated rings. The number of nitrogens with one attached hydrogen (secondary N) is 1. The number of hydrogen-bond donors (Lipinski definition) is 1. The Morgan fingerprint density at radius 2 is 1.81 bits per heavy atom. The zero-order valence-corrected chi connectivity index (χ0v) is 13.3. The van der Waals surface area contributed by atoms with Gasteiger partial charge in [-0.1, -0.05) is 26.8 Å². The second-order valence-corrected chi connectivity index (χ2v) is 5.79. The van der Waals surface area contributed by atoms with Gasteiger partial charge in [0.15, 0.2) is 0 Å². The molecule has 1 aromatic carbocycles. The number of amides is 1. The van der Waals surface area contributed by atoms with Crippen LogP contribution in [0.15, 0.2) is 18.2 Å². The molecule has 5 nitrogen and oxygen atoms in total. The van der Waals surface area contributed by atoms with E-state index in [1.807, 2.05) is 18.2 Å². The highest BCUT2D eigenvalue weighted by Crippen LogP contribution is 2.31. The Hall–Kier alpha value is -2.04. The number of esters is 1. The van der Waals surface area contributed by atoms with Crippen molar-refractivity contribution in [2.24, 2.45) is 0 Å². The van der Waals surface area contributed by atoms with E-state index >= 15 is 0 Å². The molecule has 1 N–H and O–H groups in total. The van der Waals surface area contributed by atoms with E-state index in [9.17, 15) is 9.59 Å². The van der Waals surface area contributed by atoms with Gasteiger partial charge in [0.2, 0.25) is 5.91 Å². The fourth-order valence-corrected chi connectivity index (χ4v) is 1.80. The van der Waals surface area contributed by atoms with E-state index in [-0.39, 0.29) is 24.2 Å². The molecule has 0 spiro atoms. The fraction of sp³-hybridized carbons (Fsp3) is 0.500. The van der Waals surface area contributed by atoms with Crippen molar-refractivity contribution in [1.82, 2.24) is 0 Å². The first kappa shape index (κ1) is 17.0. The minimum absolute atomic E-state index is 0.0300. The standard InChI is InChI=1S/C16H23NO4/c1-16(2,3)11-6-7-13(20-4)12(10-11)17-14(18)8-9-15(19)21-5/h6-7,10H,8-9H2,1-5H3,(H,17,18). The molecule has 0 unspecified atom stereocenters. The average molecular weight is 293 g/mol. The smallest absolute Gasteiger partial charge is 0.306 e. The van der Waals surface area contributed by atoms with Crippen molar-refractivity contribution in [3.05, 3.63) is 23.8 Å². The lowest BCUT2D eigenvalue weighted by atomic mass is 9.87. The Labute approximate surface area is 125 Å². The van der Waals surface area contributed by atoms with Crippen molar-refractivity contribution < 1.29 is 19.1 Å². The Kier molecular flexibility index (Phi) is 5.76. The van der Waals surface area contributed by atoms with E-state index in [1.165, 1.54) is 7.11 Å². The van der Waals surface area contributed by atoms with Gasteiger partial charge < -0.3 is 14.8 Å². The summed E-state index contributed by atoms with van der Waals surface area (Å²) in [7, 11) is 2.85. The van der Waals surface area contributed by atoms with Gasteiger partial charge >= 0.3 is 5.97 Å².